The maximum atomic E-state index is 13.0. The van der Waals surface area contributed by atoms with Gasteiger partial charge in [0.25, 0.3) is 5.91 Å². The van der Waals surface area contributed by atoms with E-state index in [1.165, 1.54) is 0 Å². The van der Waals surface area contributed by atoms with Gasteiger partial charge in [0, 0.05) is 18.1 Å². The molecule has 0 spiro atoms. The van der Waals surface area contributed by atoms with Gasteiger partial charge in [0.2, 0.25) is 0 Å². The van der Waals surface area contributed by atoms with E-state index < -0.39 is 0 Å². The number of hydrogen-bond donors (Lipinski definition) is 0. The number of rotatable bonds is 3. The summed E-state index contributed by atoms with van der Waals surface area (Å²) in [5, 5.41) is 5.08. The van der Waals surface area contributed by atoms with E-state index in [2.05, 4.69) is 5.10 Å². The summed E-state index contributed by atoms with van der Waals surface area (Å²) in [6.07, 6.45) is 2.46. The number of nitrogens with zero attached hydrogens (tertiary/aromatic N) is 3. The van der Waals surface area contributed by atoms with Gasteiger partial charge in [-0.15, -0.1) is 0 Å². The van der Waals surface area contributed by atoms with E-state index >= 15 is 0 Å². The first-order valence-corrected chi connectivity index (χ1v) is 8.65. The highest BCUT2D eigenvalue weighted by atomic mass is 35.5. The molecule has 0 N–H and O–H groups in total. The van der Waals surface area contributed by atoms with Crippen LogP contribution in [0.25, 0.3) is 5.69 Å². The first kappa shape index (κ1) is 17.0. The van der Waals surface area contributed by atoms with Gasteiger partial charge in [-0.1, -0.05) is 24.6 Å². The monoisotopic (exact) mass is 347 g/mol. The second kappa shape index (κ2) is 6.95. The predicted octanol–water partition coefficient (Wildman–Crippen LogP) is 3.34. The van der Waals surface area contributed by atoms with E-state index in [9.17, 15) is 4.79 Å². The van der Waals surface area contributed by atoms with Crippen molar-refractivity contribution in [3.05, 3.63) is 46.7 Å². The van der Waals surface area contributed by atoms with Crippen molar-refractivity contribution in [2.24, 2.45) is 0 Å². The molecule has 128 valence electrons. The van der Waals surface area contributed by atoms with Crippen molar-refractivity contribution in [3.63, 3.8) is 0 Å². The second-order valence-electron chi connectivity index (χ2n) is 6.22. The molecule has 6 heteroatoms. The summed E-state index contributed by atoms with van der Waals surface area (Å²) in [7, 11) is 0. The number of benzene rings is 1. The summed E-state index contributed by atoms with van der Waals surface area (Å²) < 4.78 is 7.52. The molecule has 0 bridgehead atoms. The zero-order chi connectivity index (χ0) is 17.3. The fourth-order valence-electron chi connectivity index (χ4n) is 3.24. The molecule has 1 fully saturated rings. The Bertz CT molecular complexity index is 734. The largest absolute Gasteiger partial charge is 0.372 e. The van der Waals surface area contributed by atoms with Crippen molar-refractivity contribution in [3.8, 4) is 5.69 Å². The zero-order valence-electron chi connectivity index (χ0n) is 14.2. The van der Waals surface area contributed by atoms with Gasteiger partial charge >= 0.3 is 0 Å². The van der Waals surface area contributed by atoms with Crippen LogP contribution in [-0.2, 0) is 11.2 Å². The molecule has 3 rings (SSSR count). The van der Waals surface area contributed by atoms with Crippen LogP contribution in [0.4, 0.5) is 0 Å². The Hall–Kier alpha value is -1.85. The molecule has 2 atom stereocenters. The lowest BCUT2D eigenvalue weighted by atomic mass is 10.1. The summed E-state index contributed by atoms with van der Waals surface area (Å²) in [6.45, 7) is 7.22. The molecule has 1 aromatic carbocycles. The van der Waals surface area contributed by atoms with Crippen molar-refractivity contribution >= 4 is 17.5 Å². The minimum absolute atomic E-state index is 0.0159. The third-order valence-electron chi connectivity index (χ3n) is 4.19. The topological polar surface area (TPSA) is 47.4 Å². The van der Waals surface area contributed by atoms with E-state index in [0.29, 0.717) is 30.1 Å². The van der Waals surface area contributed by atoms with E-state index in [1.54, 1.807) is 10.9 Å². The van der Waals surface area contributed by atoms with Gasteiger partial charge in [-0.3, -0.25) is 4.79 Å². The summed E-state index contributed by atoms with van der Waals surface area (Å²) >= 11 is 6.08. The number of carbonyl (C=O) groups excluding carboxylic acids is 1. The van der Waals surface area contributed by atoms with Gasteiger partial charge in [-0.25, -0.2) is 4.68 Å². The number of halogens is 1. The predicted molar refractivity (Wildman–Crippen MR) is 93.9 cm³/mol. The number of aromatic nitrogens is 2. The summed E-state index contributed by atoms with van der Waals surface area (Å²) in [6, 6.07) is 7.49. The average molecular weight is 348 g/mol. The third-order valence-corrected chi connectivity index (χ3v) is 4.43. The molecule has 24 heavy (non-hydrogen) atoms. The number of hydrogen-bond acceptors (Lipinski definition) is 3. The molecule has 1 saturated heterocycles. The van der Waals surface area contributed by atoms with Gasteiger partial charge in [0.15, 0.2) is 0 Å². The summed E-state index contributed by atoms with van der Waals surface area (Å²) in [5.41, 5.74) is 2.41. The molecule has 0 saturated carbocycles. The zero-order valence-corrected chi connectivity index (χ0v) is 15.0. The van der Waals surface area contributed by atoms with Gasteiger partial charge in [-0.05, 0) is 38.5 Å². The Morgan fingerprint density at radius 1 is 1.33 bits per heavy atom. The Labute approximate surface area is 147 Å². The molecule has 5 nitrogen and oxygen atoms in total. The van der Waals surface area contributed by atoms with Crippen LogP contribution in [0.5, 0.6) is 0 Å². The van der Waals surface area contributed by atoms with E-state index in [1.807, 2.05) is 49.9 Å². The van der Waals surface area contributed by atoms with Gasteiger partial charge in [-0.2, -0.15) is 5.10 Å². The van der Waals surface area contributed by atoms with Gasteiger partial charge in [0.05, 0.1) is 35.3 Å². The lowest BCUT2D eigenvalue weighted by Crippen LogP contribution is -2.48. The molecule has 1 aliphatic heterocycles. The minimum atomic E-state index is 0.0159. The highest BCUT2D eigenvalue weighted by molar-refractivity contribution is 6.30. The minimum Gasteiger partial charge on any atom is -0.372 e. The van der Waals surface area contributed by atoms with E-state index in [4.69, 9.17) is 16.3 Å². The highest BCUT2D eigenvalue weighted by Gasteiger charge is 2.29. The number of carbonyl (C=O) groups is 1. The Morgan fingerprint density at radius 2 is 2.04 bits per heavy atom. The molecular formula is C18H22ClN3O2. The lowest BCUT2D eigenvalue weighted by molar-refractivity contribution is -0.0586. The molecule has 0 aliphatic carbocycles. The summed E-state index contributed by atoms with van der Waals surface area (Å²) in [4.78, 5) is 14.8. The summed E-state index contributed by atoms with van der Waals surface area (Å²) in [5.74, 6) is 0.0159. The number of amides is 1. The molecular weight excluding hydrogens is 326 g/mol. The van der Waals surface area contributed by atoms with Crippen LogP contribution in [0.15, 0.2) is 30.5 Å². The van der Waals surface area contributed by atoms with Crippen molar-refractivity contribution in [2.75, 3.05) is 13.1 Å². The molecule has 0 unspecified atom stereocenters. The van der Waals surface area contributed by atoms with Crippen molar-refractivity contribution in [1.82, 2.24) is 14.7 Å². The SMILES string of the molecule is CCc1c(C(=O)N2C[C@@H](C)O[C@@H](C)C2)cnn1-c1cccc(Cl)c1. The van der Waals surface area contributed by atoms with Crippen LogP contribution in [0.1, 0.15) is 36.8 Å². The van der Waals surface area contributed by atoms with Gasteiger partial charge < -0.3 is 9.64 Å². The van der Waals surface area contributed by atoms with Crippen molar-refractivity contribution in [1.29, 1.82) is 0 Å². The van der Waals surface area contributed by atoms with Crippen LogP contribution in [-0.4, -0.2) is 45.9 Å². The van der Waals surface area contributed by atoms with E-state index in [0.717, 1.165) is 11.4 Å². The van der Waals surface area contributed by atoms with E-state index in [-0.39, 0.29) is 18.1 Å². The van der Waals surface area contributed by atoms with Crippen LogP contribution in [0.3, 0.4) is 0 Å². The van der Waals surface area contributed by atoms with Crippen LogP contribution >= 0.6 is 11.6 Å². The van der Waals surface area contributed by atoms with Crippen molar-refractivity contribution in [2.45, 2.75) is 39.4 Å². The fraction of sp³-hybridized carbons (Fsp3) is 0.444. The standard InChI is InChI=1S/C18H22ClN3O2/c1-4-17-16(18(23)21-10-12(2)24-13(3)11-21)9-20-22(17)15-7-5-6-14(19)8-15/h5-9,12-13H,4,10-11H2,1-3H3/t12-,13+. The first-order chi connectivity index (χ1) is 11.5. The average Bonchev–Trinajstić information content (AvgIpc) is 2.97. The number of ether oxygens (including phenoxy) is 1. The van der Waals surface area contributed by atoms with Crippen molar-refractivity contribution < 1.29 is 9.53 Å². The smallest absolute Gasteiger partial charge is 0.257 e. The second-order valence-corrected chi connectivity index (χ2v) is 6.65. The molecule has 1 aromatic heterocycles. The molecule has 1 amide bonds. The highest BCUT2D eigenvalue weighted by Crippen LogP contribution is 2.21. The van der Waals surface area contributed by atoms with Gasteiger partial charge in [0.1, 0.15) is 0 Å². The lowest BCUT2D eigenvalue weighted by Gasteiger charge is -2.35. The Kier molecular flexibility index (Phi) is 4.92. The van der Waals surface area contributed by atoms with Crippen LogP contribution in [0, 0.1) is 0 Å². The fourth-order valence-corrected chi connectivity index (χ4v) is 3.42. The third kappa shape index (κ3) is 3.32. The maximum Gasteiger partial charge on any atom is 0.257 e. The molecule has 1 aliphatic rings. The normalized spacial score (nSPS) is 21.1. The van der Waals surface area contributed by atoms with Crippen LogP contribution in [0.2, 0.25) is 5.02 Å². The molecule has 2 heterocycles. The Balaban J connectivity index is 1.93. The van der Waals surface area contributed by atoms with Crippen LogP contribution < -0.4 is 0 Å². The quantitative estimate of drug-likeness (QED) is 0.855. The Morgan fingerprint density at radius 3 is 2.67 bits per heavy atom. The molecule has 2 aromatic rings. The maximum absolute atomic E-state index is 13.0. The molecule has 0 radical (unpaired) electrons. The number of morpholine rings is 1. The first-order valence-electron chi connectivity index (χ1n) is 8.27.